The molecule has 8 heteroatoms. The molecule has 5 rings (SSSR count). The third kappa shape index (κ3) is 4.10. The van der Waals surface area contributed by atoms with Gasteiger partial charge >= 0.3 is 5.69 Å². The molecule has 0 saturated carbocycles. The van der Waals surface area contributed by atoms with E-state index in [1.165, 1.54) is 17.3 Å². The maximum Gasteiger partial charge on any atom is 0.352 e. The summed E-state index contributed by atoms with van der Waals surface area (Å²) >= 11 is 0. The van der Waals surface area contributed by atoms with Gasteiger partial charge in [-0.3, -0.25) is 4.57 Å². The molecule has 4 heterocycles. The molecular formula is C24H27N5O3. The zero-order valence-corrected chi connectivity index (χ0v) is 18.2. The number of benzene rings is 1. The lowest BCUT2D eigenvalue weighted by Crippen LogP contribution is -2.29. The van der Waals surface area contributed by atoms with Crippen molar-refractivity contribution >= 4 is 16.7 Å². The molecule has 0 amide bonds. The number of ether oxygens (including phenoxy) is 2. The van der Waals surface area contributed by atoms with Crippen molar-refractivity contribution in [1.29, 1.82) is 0 Å². The summed E-state index contributed by atoms with van der Waals surface area (Å²) < 4.78 is 13.7. The van der Waals surface area contributed by atoms with Crippen LogP contribution in [0.3, 0.4) is 0 Å². The molecule has 0 N–H and O–H groups in total. The Morgan fingerprint density at radius 3 is 2.69 bits per heavy atom. The summed E-state index contributed by atoms with van der Waals surface area (Å²) in [5, 5.41) is 5.01. The van der Waals surface area contributed by atoms with Gasteiger partial charge in [0.25, 0.3) is 0 Å². The average molecular weight is 434 g/mol. The van der Waals surface area contributed by atoms with Crippen LogP contribution in [0.15, 0.2) is 47.7 Å². The second kappa shape index (κ2) is 9.08. The van der Waals surface area contributed by atoms with Crippen molar-refractivity contribution in [1.82, 2.24) is 24.1 Å². The van der Waals surface area contributed by atoms with E-state index in [2.05, 4.69) is 16.1 Å². The minimum Gasteiger partial charge on any atom is -0.497 e. The minimum absolute atomic E-state index is 0.249. The first-order chi connectivity index (χ1) is 15.7. The van der Waals surface area contributed by atoms with Crippen LogP contribution in [0.1, 0.15) is 36.8 Å². The van der Waals surface area contributed by atoms with Gasteiger partial charge in [-0.25, -0.2) is 14.8 Å². The van der Waals surface area contributed by atoms with Gasteiger partial charge in [-0.05, 0) is 67.3 Å². The fourth-order valence-corrected chi connectivity index (χ4v) is 4.47. The number of pyridine rings is 1. The van der Waals surface area contributed by atoms with Gasteiger partial charge in [-0.1, -0.05) is 12.1 Å². The SMILES string of the molecule is COc1ccc(Cn2c(=O)n3ncnc3c3cc(CCCC4CCOCC4)cnc32)cc1. The van der Waals surface area contributed by atoms with Gasteiger partial charge in [-0.15, -0.1) is 0 Å². The number of aromatic nitrogens is 5. The van der Waals surface area contributed by atoms with E-state index in [0.29, 0.717) is 17.8 Å². The van der Waals surface area contributed by atoms with E-state index in [9.17, 15) is 4.79 Å². The number of nitrogens with zero attached hydrogens (tertiary/aromatic N) is 5. The van der Waals surface area contributed by atoms with Crippen LogP contribution in [0.25, 0.3) is 16.7 Å². The van der Waals surface area contributed by atoms with E-state index in [1.807, 2.05) is 30.5 Å². The quantitative estimate of drug-likeness (QED) is 0.445. The summed E-state index contributed by atoms with van der Waals surface area (Å²) in [6.45, 7) is 2.17. The highest BCUT2D eigenvalue weighted by Gasteiger charge is 2.16. The van der Waals surface area contributed by atoms with Crippen molar-refractivity contribution in [3.8, 4) is 5.75 Å². The average Bonchev–Trinajstić information content (AvgIpc) is 3.33. The van der Waals surface area contributed by atoms with Crippen LogP contribution in [0.4, 0.5) is 0 Å². The van der Waals surface area contributed by atoms with Crippen molar-refractivity contribution < 1.29 is 9.47 Å². The lowest BCUT2D eigenvalue weighted by Gasteiger charge is -2.21. The van der Waals surface area contributed by atoms with E-state index in [-0.39, 0.29) is 5.69 Å². The van der Waals surface area contributed by atoms with Gasteiger partial charge < -0.3 is 9.47 Å². The van der Waals surface area contributed by atoms with Gasteiger partial charge in [-0.2, -0.15) is 9.61 Å². The molecule has 0 radical (unpaired) electrons. The van der Waals surface area contributed by atoms with Crippen LogP contribution >= 0.6 is 0 Å². The standard InChI is InChI=1S/C24H27N5O3/c1-31-20-7-5-18(6-8-20)15-28-22-21(23-26-16-27-29(23)24(28)30)13-19(14-25-22)4-2-3-17-9-11-32-12-10-17/h5-8,13-14,16-17H,2-4,9-12,15H2,1H3. The molecule has 0 aliphatic carbocycles. The topological polar surface area (TPSA) is 83.5 Å². The highest BCUT2D eigenvalue weighted by Crippen LogP contribution is 2.23. The molecule has 8 nitrogen and oxygen atoms in total. The first kappa shape index (κ1) is 20.6. The molecule has 0 spiro atoms. The van der Waals surface area contributed by atoms with Crippen LogP contribution in [0, 0.1) is 5.92 Å². The maximum absolute atomic E-state index is 13.1. The third-order valence-corrected chi connectivity index (χ3v) is 6.30. The molecule has 1 aliphatic heterocycles. The Bertz CT molecular complexity index is 1270. The lowest BCUT2D eigenvalue weighted by atomic mass is 9.93. The Balaban J connectivity index is 1.45. The van der Waals surface area contributed by atoms with Gasteiger partial charge in [0.1, 0.15) is 17.7 Å². The molecule has 166 valence electrons. The van der Waals surface area contributed by atoms with Gasteiger partial charge in [0, 0.05) is 19.4 Å². The minimum atomic E-state index is -0.249. The second-order valence-corrected chi connectivity index (χ2v) is 8.37. The zero-order chi connectivity index (χ0) is 21.9. The van der Waals surface area contributed by atoms with E-state index in [0.717, 1.165) is 67.1 Å². The maximum atomic E-state index is 13.1. The molecule has 1 saturated heterocycles. The van der Waals surface area contributed by atoms with Crippen LogP contribution in [-0.4, -0.2) is 44.5 Å². The van der Waals surface area contributed by atoms with Gasteiger partial charge in [0.2, 0.25) is 0 Å². The number of hydrogen-bond donors (Lipinski definition) is 0. The number of rotatable bonds is 7. The summed E-state index contributed by atoms with van der Waals surface area (Å²) in [5.74, 6) is 1.54. The molecule has 4 aromatic rings. The number of methoxy groups -OCH3 is 1. The monoisotopic (exact) mass is 433 g/mol. The summed E-state index contributed by atoms with van der Waals surface area (Å²) in [6, 6.07) is 9.79. The molecule has 0 unspecified atom stereocenters. The number of hydrogen-bond acceptors (Lipinski definition) is 6. The van der Waals surface area contributed by atoms with Gasteiger partial charge in [0.05, 0.1) is 19.0 Å². The summed E-state index contributed by atoms with van der Waals surface area (Å²) in [5.41, 5.74) is 3.06. The van der Waals surface area contributed by atoms with Crippen LogP contribution in [-0.2, 0) is 17.7 Å². The Morgan fingerprint density at radius 1 is 1.09 bits per heavy atom. The van der Waals surface area contributed by atoms with Crippen LogP contribution in [0.5, 0.6) is 5.75 Å². The Labute approximate surface area is 185 Å². The largest absolute Gasteiger partial charge is 0.497 e. The van der Waals surface area contributed by atoms with E-state index >= 15 is 0 Å². The molecule has 1 aromatic carbocycles. The predicted molar refractivity (Wildman–Crippen MR) is 121 cm³/mol. The van der Waals surface area contributed by atoms with Crippen LogP contribution in [0.2, 0.25) is 0 Å². The Morgan fingerprint density at radius 2 is 1.91 bits per heavy atom. The van der Waals surface area contributed by atoms with Crippen molar-refractivity contribution in [2.45, 2.75) is 38.6 Å². The van der Waals surface area contributed by atoms with Crippen molar-refractivity contribution in [3.05, 3.63) is 64.5 Å². The zero-order valence-electron chi connectivity index (χ0n) is 18.2. The molecular weight excluding hydrogens is 406 g/mol. The fraction of sp³-hybridized carbons (Fsp3) is 0.417. The lowest BCUT2D eigenvalue weighted by molar-refractivity contribution is 0.0633. The van der Waals surface area contributed by atoms with E-state index in [1.54, 1.807) is 11.7 Å². The van der Waals surface area contributed by atoms with Crippen molar-refractivity contribution in [2.75, 3.05) is 20.3 Å². The van der Waals surface area contributed by atoms with Gasteiger partial charge in [0.15, 0.2) is 5.65 Å². The first-order valence-electron chi connectivity index (χ1n) is 11.1. The molecule has 1 fully saturated rings. The van der Waals surface area contributed by atoms with E-state index < -0.39 is 0 Å². The Kier molecular flexibility index (Phi) is 5.85. The first-order valence-corrected chi connectivity index (χ1v) is 11.1. The smallest absolute Gasteiger partial charge is 0.352 e. The van der Waals surface area contributed by atoms with Crippen LogP contribution < -0.4 is 10.4 Å². The molecule has 0 atom stereocenters. The molecule has 3 aromatic heterocycles. The Hall–Kier alpha value is -3.26. The second-order valence-electron chi connectivity index (χ2n) is 8.37. The number of fused-ring (bicyclic) bond motifs is 3. The predicted octanol–water partition coefficient (Wildman–Crippen LogP) is 3.25. The fourth-order valence-electron chi connectivity index (χ4n) is 4.47. The molecule has 1 aliphatic rings. The molecule has 0 bridgehead atoms. The van der Waals surface area contributed by atoms with E-state index in [4.69, 9.17) is 14.5 Å². The summed E-state index contributed by atoms with van der Waals surface area (Å²) in [6.07, 6.45) is 8.92. The third-order valence-electron chi connectivity index (χ3n) is 6.30. The summed E-state index contributed by atoms with van der Waals surface area (Å²) in [7, 11) is 1.64. The summed E-state index contributed by atoms with van der Waals surface area (Å²) in [4.78, 5) is 22.2. The highest BCUT2D eigenvalue weighted by atomic mass is 16.5. The number of aryl methyl sites for hydroxylation is 1. The molecule has 32 heavy (non-hydrogen) atoms. The van der Waals surface area contributed by atoms with Crippen molar-refractivity contribution in [2.24, 2.45) is 5.92 Å². The normalized spacial score (nSPS) is 14.9. The van der Waals surface area contributed by atoms with Crippen molar-refractivity contribution in [3.63, 3.8) is 0 Å². The highest BCUT2D eigenvalue weighted by molar-refractivity contribution is 5.89.